The fourth-order valence-electron chi connectivity index (χ4n) is 2.14. The largest absolute Gasteiger partial charge is 0.351 e. The van der Waals surface area contributed by atoms with Crippen LogP contribution in [0.2, 0.25) is 0 Å². The van der Waals surface area contributed by atoms with Gasteiger partial charge >= 0.3 is 0 Å². The average molecular weight is 235 g/mol. The third-order valence-corrected chi connectivity index (χ3v) is 3.51. The Morgan fingerprint density at radius 1 is 1.24 bits per heavy atom. The first-order chi connectivity index (χ1) is 8.16. The smallest absolute Gasteiger partial charge is 0.243 e. The van der Waals surface area contributed by atoms with Gasteiger partial charge in [-0.05, 0) is 40.3 Å². The summed E-state index contributed by atoms with van der Waals surface area (Å²) in [4.78, 5) is 6.79. The highest BCUT2D eigenvalue weighted by Crippen LogP contribution is 2.15. The van der Waals surface area contributed by atoms with Crippen LogP contribution in [-0.2, 0) is 0 Å². The summed E-state index contributed by atoms with van der Waals surface area (Å²) in [5.41, 5.74) is 1.84. The normalized spacial score (nSPS) is 21.5. The van der Waals surface area contributed by atoms with Crippen LogP contribution in [0.3, 0.4) is 0 Å². The third-order valence-electron chi connectivity index (χ3n) is 3.51. The van der Waals surface area contributed by atoms with Crippen molar-refractivity contribution in [1.82, 2.24) is 20.1 Å². The Hall–Kier alpha value is -1.23. The van der Waals surface area contributed by atoms with Crippen LogP contribution < -0.4 is 5.32 Å². The number of hydrogen-bond donors (Lipinski definition) is 1. The van der Waals surface area contributed by atoms with E-state index >= 15 is 0 Å². The Kier molecular flexibility index (Phi) is 3.89. The number of nitrogens with zero attached hydrogens (tertiary/aromatic N) is 4. The summed E-state index contributed by atoms with van der Waals surface area (Å²) in [6.45, 7) is 5.98. The maximum absolute atomic E-state index is 4.38. The molecule has 1 saturated heterocycles. The molecule has 0 bridgehead atoms. The summed E-state index contributed by atoms with van der Waals surface area (Å²) in [7, 11) is 2.19. The minimum atomic E-state index is 0.592. The van der Waals surface area contributed by atoms with Crippen LogP contribution in [0.1, 0.15) is 30.7 Å². The summed E-state index contributed by atoms with van der Waals surface area (Å²) in [5.74, 6) is 0.645. The van der Waals surface area contributed by atoms with Gasteiger partial charge in [0.05, 0.1) is 11.4 Å². The number of hydrogen-bond acceptors (Lipinski definition) is 5. The lowest BCUT2D eigenvalue weighted by Gasteiger charge is -2.32. The van der Waals surface area contributed by atoms with E-state index in [0.29, 0.717) is 12.0 Å². The van der Waals surface area contributed by atoms with Crippen molar-refractivity contribution in [2.75, 3.05) is 25.5 Å². The zero-order valence-electron chi connectivity index (χ0n) is 10.9. The average Bonchev–Trinajstić information content (AvgIpc) is 2.32. The van der Waals surface area contributed by atoms with Crippen LogP contribution in [0.5, 0.6) is 0 Å². The first kappa shape index (κ1) is 12.2. The van der Waals surface area contributed by atoms with Crippen molar-refractivity contribution in [3.63, 3.8) is 0 Å². The molecule has 1 aliphatic heterocycles. The monoisotopic (exact) mass is 235 g/mol. The van der Waals surface area contributed by atoms with Gasteiger partial charge in [0.2, 0.25) is 5.95 Å². The quantitative estimate of drug-likeness (QED) is 0.858. The molecule has 0 aromatic carbocycles. The van der Waals surface area contributed by atoms with Gasteiger partial charge in [-0.2, -0.15) is 5.10 Å². The second kappa shape index (κ2) is 5.40. The number of likely N-dealkylation sites (N-methyl/N-ethyl adjacent to an activating group) is 1. The molecule has 0 radical (unpaired) electrons. The Labute approximate surface area is 103 Å². The van der Waals surface area contributed by atoms with Gasteiger partial charge in [0.1, 0.15) is 0 Å². The van der Waals surface area contributed by atoms with Crippen molar-refractivity contribution in [2.24, 2.45) is 0 Å². The van der Waals surface area contributed by atoms with Gasteiger partial charge in [0.25, 0.3) is 0 Å². The molecule has 1 aromatic heterocycles. The minimum absolute atomic E-state index is 0.592. The number of anilines is 1. The molecule has 1 atom stereocenters. The van der Waals surface area contributed by atoms with E-state index in [2.05, 4.69) is 32.4 Å². The number of aryl methyl sites for hydroxylation is 2. The number of likely N-dealkylation sites (tertiary alicyclic amines) is 1. The van der Waals surface area contributed by atoms with E-state index in [-0.39, 0.29) is 0 Å². The van der Waals surface area contributed by atoms with Gasteiger partial charge in [0.15, 0.2) is 0 Å². The molecule has 0 amide bonds. The van der Waals surface area contributed by atoms with Crippen LogP contribution in [0.15, 0.2) is 0 Å². The molecule has 1 N–H and O–H groups in total. The van der Waals surface area contributed by atoms with Crippen LogP contribution in [0, 0.1) is 13.8 Å². The highest BCUT2D eigenvalue weighted by Gasteiger charge is 2.18. The van der Waals surface area contributed by atoms with Crippen molar-refractivity contribution in [3.8, 4) is 0 Å². The molecule has 94 valence electrons. The summed E-state index contributed by atoms with van der Waals surface area (Å²) in [6, 6.07) is 0.592. The van der Waals surface area contributed by atoms with E-state index in [9.17, 15) is 0 Å². The molecule has 0 saturated carbocycles. The Balaban J connectivity index is 1.90. The molecule has 0 aliphatic carbocycles. The highest BCUT2D eigenvalue weighted by molar-refractivity contribution is 5.24. The van der Waals surface area contributed by atoms with E-state index in [1.165, 1.54) is 25.8 Å². The van der Waals surface area contributed by atoms with Crippen LogP contribution in [0.4, 0.5) is 5.95 Å². The lowest BCUT2D eigenvalue weighted by molar-refractivity contribution is 0.194. The first-order valence-electron chi connectivity index (χ1n) is 6.29. The molecule has 2 rings (SSSR count). The predicted octanol–water partition coefficient (Wildman–Crippen LogP) is 1.38. The fourth-order valence-corrected chi connectivity index (χ4v) is 2.14. The van der Waals surface area contributed by atoms with E-state index in [4.69, 9.17) is 0 Å². The SMILES string of the molecule is Cc1nnc(NCC2CCCCN2C)nc1C. The first-order valence-corrected chi connectivity index (χ1v) is 6.29. The predicted molar refractivity (Wildman–Crippen MR) is 68.1 cm³/mol. The molecule has 2 heterocycles. The molecule has 5 nitrogen and oxygen atoms in total. The van der Waals surface area contributed by atoms with Crippen molar-refractivity contribution in [2.45, 2.75) is 39.2 Å². The summed E-state index contributed by atoms with van der Waals surface area (Å²) in [6.07, 6.45) is 3.89. The lowest BCUT2D eigenvalue weighted by atomic mass is 10.0. The minimum Gasteiger partial charge on any atom is -0.351 e. The summed E-state index contributed by atoms with van der Waals surface area (Å²) >= 11 is 0. The molecule has 5 heteroatoms. The zero-order chi connectivity index (χ0) is 12.3. The standard InChI is InChI=1S/C12H21N5/c1-9-10(2)15-16-12(14-9)13-8-11-6-4-5-7-17(11)3/h11H,4-8H2,1-3H3,(H,13,14,16). The molecule has 1 unspecified atom stereocenters. The van der Waals surface area contributed by atoms with Crippen molar-refractivity contribution >= 4 is 5.95 Å². The summed E-state index contributed by atoms with van der Waals surface area (Å²) in [5, 5.41) is 11.4. The van der Waals surface area contributed by atoms with Gasteiger partial charge in [-0.25, -0.2) is 4.98 Å². The highest BCUT2D eigenvalue weighted by atomic mass is 15.3. The van der Waals surface area contributed by atoms with Gasteiger partial charge in [0, 0.05) is 12.6 Å². The second-order valence-electron chi connectivity index (χ2n) is 4.82. The van der Waals surface area contributed by atoms with E-state index < -0.39 is 0 Å². The van der Waals surface area contributed by atoms with Crippen LogP contribution in [-0.4, -0.2) is 46.3 Å². The van der Waals surface area contributed by atoms with E-state index in [1.54, 1.807) is 0 Å². The molecule has 1 fully saturated rings. The van der Waals surface area contributed by atoms with Crippen molar-refractivity contribution in [3.05, 3.63) is 11.4 Å². The molecule has 0 spiro atoms. The summed E-state index contributed by atoms with van der Waals surface area (Å²) < 4.78 is 0. The van der Waals surface area contributed by atoms with Gasteiger partial charge in [-0.15, -0.1) is 5.10 Å². The van der Waals surface area contributed by atoms with Gasteiger partial charge in [-0.3, -0.25) is 0 Å². The Morgan fingerprint density at radius 3 is 2.76 bits per heavy atom. The topological polar surface area (TPSA) is 53.9 Å². The van der Waals surface area contributed by atoms with Crippen molar-refractivity contribution in [1.29, 1.82) is 0 Å². The third kappa shape index (κ3) is 3.12. The van der Waals surface area contributed by atoms with Gasteiger partial charge in [-0.1, -0.05) is 6.42 Å². The Bertz CT molecular complexity index is 379. The van der Waals surface area contributed by atoms with Crippen molar-refractivity contribution < 1.29 is 0 Å². The maximum atomic E-state index is 4.38. The number of piperidine rings is 1. The van der Waals surface area contributed by atoms with Crippen LogP contribution >= 0.6 is 0 Å². The van der Waals surface area contributed by atoms with E-state index in [1.807, 2.05) is 13.8 Å². The number of rotatable bonds is 3. The van der Waals surface area contributed by atoms with E-state index in [0.717, 1.165) is 17.9 Å². The van der Waals surface area contributed by atoms with Gasteiger partial charge < -0.3 is 10.2 Å². The number of nitrogens with one attached hydrogen (secondary N) is 1. The zero-order valence-corrected chi connectivity index (χ0v) is 10.9. The molecule has 1 aromatic rings. The number of aromatic nitrogens is 3. The second-order valence-corrected chi connectivity index (χ2v) is 4.82. The molecule has 1 aliphatic rings. The van der Waals surface area contributed by atoms with Crippen LogP contribution in [0.25, 0.3) is 0 Å². The Morgan fingerprint density at radius 2 is 2.06 bits per heavy atom. The maximum Gasteiger partial charge on any atom is 0.243 e. The molecular weight excluding hydrogens is 214 g/mol. The molecular formula is C12H21N5. The lowest BCUT2D eigenvalue weighted by Crippen LogP contribution is -2.41. The fraction of sp³-hybridized carbons (Fsp3) is 0.750. The molecule has 17 heavy (non-hydrogen) atoms.